The van der Waals surface area contributed by atoms with Crippen molar-refractivity contribution in [1.82, 2.24) is 25.4 Å². The molecule has 1 heterocycles. The predicted octanol–water partition coefficient (Wildman–Crippen LogP) is 1.62. The molecule has 0 spiro atoms. The Balaban J connectivity index is 0.00000264. The largest absolute Gasteiger partial charge is 0.497 e. The summed E-state index contributed by atoms with van der Waals surface area (Å²) < 4.78 is 7.16. The monoisotopic (exact) mass is 430 g/mol. The van der Waals surface area contributed by atoms with Crippen molar-refractivity contribution in [2.24, 2.45) is 12.0 Å². The minimum atomic E-state index is 0. The van der Waals surface area contributed by atoms with E-state index < -0.39 is 0 Å². The van der Waals surface area contributed by atoms with E-state index in [2.05, 4.69) is 25.8 Å². The number of aryl methyl sites for hydroxylation is 1. The van der Waals surface area contributed by atoms with Crippen LogP contribution in [-0.4, -0.2) is 34.9 Å². The molecule has 2 rings (SSSR count). The lowest BCUT2D eigenvalue weighted by molar-refractivity contribution is 0.414. The molecule has 0 radical (unpaired) electrons. The fourth-order valence-electron chi connectivity index (χ4n) is 1.96. The number of guanidine groups is 1. The topological polar surface area (TPSA) is 76.4 Å². The molecule has 0 aliphatic heterocycles. The van der Waals surface area contributed by atoms with Crippen LogP contribution >= 0.6 is 24.0 Å². The molecule has 8 heteroatoms. The lowest BCUT2D eigenvalue weighted by Gasteiger charge is -2.12. The summed E-state index contributed by atoms with van der Waals surface area (Å²) in [4.78, 5) is 4.20. The molecule has 2 aromatic rings. The number of nitrogens with one attached hydrogen (secondary N) is 2. The second-order valence-corrected chi connectivity index (χ2v) is 4.85. The summed E-state index contributed by atoms with van der Waals surface area (Å²) in [7, 11) is 5.34. The number of benzene rings is 1. The van der Waals surface area contributed by atoms with Crippen LogP contribution in [0.15, 0.2) is 29.3 Å². The Morgan fingerprint density at radius 1 is 1.26 bits per heavy atom. The third kappa shape index (κ3) is 5.38. The van der Waals surface area contributed by atoms with Gasteiger partial charge in [-0.25, -0.2) is 0 Å². The average Bonchev–Trinajstić information content (AvgIpc) is 2.87. The molecule has 0 atom stereocenters. The third-order valence-electron chi connectivity index (χ3n) is 3.41. The second-order valence-electron chi connectivity index (χ2n) is 4.85. The molecule has 7 nitrogen and oxygen atoms in total. The van der Waals surface area contributed by atoms with Gasteiger partial charge in [-0.2, -0.15) is 0 Å². The van der Waals surface area contributed by atoms with Gasteiger partial charge in [-0.1, -0.05) is 12.1 Å². The Morgan fingerprint density at radius 3 is 2.61 bits per heavy atom. The fraction of sp³-hybridized carbons (Fsp3) is 0.400. The second kappa shape index (κ2) is 9.33. The van der Waals surface area contributed by atoms with Crippen LogP contribution in [0.3, 0.4) is 0 Å². The zero-order chi connectivity index (χ0) is 15.9. The van der Waals surface area contributed by atoms with Gasteiger partial charge < -0.3 is 19.9 Å². The van der Waals surface area contributed by atoms with Crippen LogP contribution in [0.1, 0.15) is 17.2 Å². The van der Waals surface area contributed by atoms with Crippen molar-refractivity contribution in [3.05, 3.63) is 41.5 Å². The minimum Gasteiger partial charge on any atom is -0.497 e. The summed E-state index contributed by atoms with van der Waals surface area (Å²) in [6.45, 7) is 3.15. The van der Waals surface area contributed by atoms with Gasteiger partial charge in [-0.3, -0.25) is 4.99 Å². The smallest absolute Gasteiger partial charge is 0.191 e. The summed E-state index contributed by atoms with van der Waals surface area (Å²) in [6, 6.07) is 7.92. The quantitative estimate of drug-likeness (QED) is 0.429. The van der Waals surface area contributed by atoms with Crippen molar-refractivity contribution in [2.45, 2.75) is 20.0 Å². The van der Waals surface area contributed by atoms with E-state index in [1.165, 1.54) is 0 Å². The lowest BCUT2D eigenvalue weighted by Crippen LogP contribution is -2.36. The summed E-state index contributed by atoms with van der Waals surface area (Å²) >= 11 is 0. The fourth-order valence-corrected chi connectivity index (χ4v) is 1.96. The van der Waals surface area contributed by atoms with Crippen LogP contribution in [-0.2, 0) is 20.1 Å². The number of ether oxygens (including phenoxy) is 1. The highest BCUT2D eigenvalue weighted by Gasteiger charge is 2.06. The van der Waals surface area contributed by atoms with Crippen molar-refractivity contribution >= 4 is 29.9 Å². The van der Waals surface area contributed by atoms with E-state index in [1.807, 2.05) is 42.8 Å². The molecule has 0 saturated heterocycles. The van der Waals surface area contributed by atoms with Gasteiger partial charge in [-0.05, 0) is 24.6 Å². The van der Waals surface area contributed by atoms with Gasteiger partial charge in [0.1, 0.15) is 11.6 Å². The first-order valence-corrected chi connectivity index (χ1v) is 7.06. The third-order valence-corrected chi connectivity index (χ3v) is 3.41. The van der Waals surface area contributed by atoms with Gasteiger partial charge >= 0.3 is 0 Å². The molecule has 0 aliphatic rings. The molecule has 0 bridgehead atoms. The molecular formula is C15H23IN6O. The Labute approximate surface area is 153 Å². The van der Waals surface area contributed by atoms with E-state index in [0.717, 1.165) is 23.0 Å². The van der Waals surface area contributed by atoms with Gasteiger partial charge in [0.25, 0.3) is 0 Å². The van der Waals surface area contributed by atoms with Crippen LogP contribution in [0, 0.1) is 6.92 Å². The van der Waals surface area contributed by atoms with E-state index in [4.69, 9.17) is 4.74 Å². The van der Waals surface area contributed by atoms with E-state index in [9.17, 15) is 0 Å². The van der Waals surface area contributed by atoms with Gasteiger partial charge in [-0.15, -0.1) is 34.2 Å². The van der Waals surface area contributed by atoms with Crippen LogP contribution in [0.25, 0.3) is 0 Å². The van der Waals surface area contributed by atoms with Gasteiger partial charge in [0, 0.05) is 20.6 Å². The first-order valence-electron chi connectivity index (χ1n) is 7.06. The molecule has 0 amide bonds. The summed E-state index contributed by atoms with van der Waals surface area (Å²) in [5.41, 5.74) is 1.12. The number of methoxy groups -OCH3 is 1. The van der Waals surface area contributed by atoms with E-state index in [-0.39, 0.29) is 24.0 Å². The highest BCUT2D eigenvalue weighted by molar-refractivity contribution is 14.0. The van der Waals surface area contributed by atoms with Crippen molar-refractivity contribution in [3.8, 4) is 5.75 Å². The number of halogens is 1. The maximum Gasteiger partial charge on any atom is 0.191 e. The number of aromatic nitrogens is 3. The van der Waals surface area contributed by atoms with Gasteiger partial charge in [0.15, 0.2) is 11.8 Å². The van der Waals surface area contributed by atoms with E-state index in [0.29, 0.717) is 19.0 Å². The molecule has 0 fully saturated rings. The predicted molar refractivity (Wildman–Crippen MR) is 101 cm³/mol. The molecule has 2 N–H and O–H groups in total. The maximum absolute atomic E-state index is 5.22. The standard InChI is InChI=1S/C15H22N6O.HI/c1-11-19-20-14(21(11)3)10-18-15(16-2)17-9-12-6-5-7-13(8-12)22-4;/h5-8H,9-10H2,1-4H3,(H2,16,17,18);1H. The minimum absolute atomic E-state index is 0. The van der Waals surface area contributed by atoms with Gasteiger partial charge in [0.2, 0.25) is 0 Å². The number of nitrogens with zero attached hydrogens (tertiary/aromatic N) is 4. The summed E-state index contributed by atoms with van der Waals surface area (Å²) in [5.74, 6) is 3.30. The molecule has 1 aromatic carbocycles. The van der Waals surface area contributed by atoms with Crippen molar-refractivity contribution in [1.29, 1.82) is 0 Å². The first-order chi connectivity index (χ1) is 10.6. The number of hydrogen-bond donors (Lipinski definition) is 2. The molecule has 23 heavy (non-hydrogen) atoms. The zero-order valence-corrected chi connectivity index (χ0v) is 16.2. The number of hydrogen-bond acceptors (Lipinski definition) is 4. The van der Waals surface area contributed by atoms with E-state index >= 15 is 0 Å². The number of rotatable bonds is 5. The molecular weight excluding hydrogens is 407 g/mol. The highest BCUT2D eigenvalue weighted by Crippen LogP contribution is 2.12. The summed E-state index contributed by atoms with van der Waals surface area (Å²) in [6.07, 6.45) is 0. The Kier molecular flexibility index (Phi) is 7.79. The highest BCUT2D eigenvalue weighted by atomic mass is 127. The van der Waals surface area contributed by atoms with Crippen LogP contribution < -0.4 is 15.4 Å². The van der Waals surface area contributed by atoms with Crippen molar-refractivity contribution in [2.75, 3.05) is 14.2 Å². The Morgan fingerprint density at radius 2 is 2.00 bits per heavy atom. The molecule has 126 valence electrons. The molecule has 0 aliphatic carbocycles. The number of aliphatic imine (C=N–C) groups is 1. The van der Waals surface area contributed by atoms with Crippen LogP contribution in [0.5, 0.6) is 5.75 Å². The maximum atomic E-state index is 5.22. The lowest BCUT2D eigenvalue weighted by atomic mass is 10.2. The zero-order valence-electron chi connectivity index (χ0n) is 13.8. The average molecular weight is 430 g/mol. The van der Waals surface area contributed by atoms with Crippen molar-refractivity contribution in [3.63, 3.8) is 0 Å². The van der Waals surface area contributed by atoms with Crippen LogP contribution in [0.4, 0.5) is 0 Å². The Hall–Kier alpha value is -1.84. The van der Waals surface area contributed by atoms with E-state index in [1.54, 1.807) is 14.2 Å². The van der Waals surface area contributed by atoms with Gasteiger partial charge in [0.05, 0.1) is 13.7 Å². The SMILES string of the molecule is CN=C(NCc1cccc(OC)c1)NCc1nnc(C)n1C.I. The Bertz CT molecular complexity index is 655. The molecule has 0 unspecified atom stereocenters. The van der Waals surface area contributed by atoms with Crippen molar-refractivity contribution < 1.29 is 4.74 Å². The normalized spacial score (nSPS) is 10.9. The van der Waals surface area contributed by atoms with Crippen LogP contribution in [0.2, 0.25) is 0 Å². The summed E-state index contributed by atoms with van der Waals surface area (Å²) in [5, 5.41) is 14.6. The molecule has 0 saturated carbocycles. The first kappa shape index (κ1) is 19.2. The molecule has 1 aromatic heterocycles.